The fourth-order valence-electron chi connectivity index (χ4n) is 10.6. The molecule has 0 spiro atoms. The van der Waals surface area contributed by atoms with Crippen molar-refractivity contribution in [3.05, 3.63) is 131 Å². The molecule has 3 aliphatic rings. The minimum Gasteiger partial charge on any atom is -0.484 e. The van der Waals surface area contributed by atoms with Crippen molar-refractivity contribution in [1.82, 2.24) is 39.8 Å². The lowest BCUT2D eigenvalue weighted by atomic mass is 9.84. The molecule has 460 valence electrons. The zero-order chi connectivity index (χ0) is 61.7. The number of amides is 5. The maximum atomic E-state index is 16.3. The molecule has 3 aliphatic heterocycles. The minimum atomic E-state index is -4.20. The standard InChI is InChI=1S/C62H73BF3N11O9S/c1-62(2,39-59(81)75-27-25-74(26-28-75)55-37-51(70-61(67)71-55)49-19-20-50(64)48-11-6-5-10-47(48)49)38-58(80)72(3)40-56(78)68-23-8-29-83-31-33-85-34-32-84-30-9-24-69-57(79)41-73(4)60(82)42-86-46-17-13-43(14-18-46)52-21-15-44-36-45-16-22-53(54-12-7-35-87-54)77(45)63(65,66)76(44)52/h5-7,10-22,35-37H,8-9,23-34,38-42H2,1-4H3,(H,68,78)(H,69,79)(H2,67,70,71). The lowest BCUT2D eigenvalue weighted by molar-refractivity contribution is -0.359. The number of allylic oxidation sites excluding steroid dienone is 2. The van der Waals surface area contributed by atoms with Crippen LogP contribution in [0, 0.1) is 11.2 Å². The second-order valence-electron chi connectivity index (χ2n) is 22.3. The van der Waals surface area contributed by atoms with Crippen molar-refractivity contribution in [3.8, 4) is 28.3 Å². The van der Waals surface area contributed by atoms with Gasteiger partial charge < -0.3 is 72.5 Å². The Morgan fingerprint density at radius 3 is 2.05 bits per heavy atom. The Morgan fingerprint density at radius 2 is 1.39 bits per heavy atom. The van der Waals surface area contributed by atoms with Crippen LogP contribution in [0.25, 0.3) is 39.4 Å². The van der Waals surface area contributed by atoms with E-state index in [1.54, 1.807) is 84.8 Å². The molecule has 6 aromatic rings. The summed E-state index contributed by atoms with van der Waals surface area (Å²) in [6.45, 7) is 3.77. The maximum absolute atomic E-state index is 16.3. The first-order chi connectivity index (χ1) is 41.8. The molecule has 4 N–H and O–H groups in total. The number of rotatable bonds is 29. The Bertz CT molecular complexity index is 3540. The SMILES string of the molecule is CN(CC(=O)NCCCOCCOCCOCCCNC(=O)CN(C)C(=O)CC(C)(C)CC(=O)N1CCN(c2cc(-c3ccc(F)c4ccccc34)nc(N)n2)CC1)C(=O)COc1ccc(-c2ccc3n2[B-](F)(F)[N+]2=C(c4cccs4)C=CC2=C3)cc1. The first kappa shape index (κ1) is 63.1. The molecule has 1 fully saturated rings. The monoisotopic (exact) mass is 1220 g/mol. The van der Waals surface area contributed by atoms with E-state index in [0.717, 1.165) is 19.4 Å². The number of hydrogen-bond donors (Lipinski definition) is 3. The second kappa shape index (κ2) is 28.9. The van der Waals surface area contributed by atoms with E-state index in [1.807, 2.05) is 54.5 Å². The number of aromatic nitrogens is 3. The maximum Gasteiger partial charge on any atom is 0.737 e. The molecule has 20 nitrogen and oxygen atoms in total. The number of benzene rings is 3. The van der Waals surface area contributed by atoms with Crippen LogP contribution in [-0.2, 0) is 38.2 Å². The van der Waals surface area contributed by atoms with E-state index >= 15 is 8.63 Å². The van der Waals surface area contributed by atoms with Crippen molar-refractivity contribution in [2.45, 2.75) is 39.5 Å². The summed E-state index contributed by atoms with van der Waals surface area (Å²) in [6.07, 6.45) is 6.54. The van der Waals surface area contributed by atoms with Gasteiger partial charge in [-0.1, -0.05) is 44.2 Å². The molecule has 6 heterocycles. The first-order valence-corrected chi connectivity index (χ1v) is 29.9. The van der Waals surface area contributed by atoms with E-state index in [2.05, 4.69) is 20.6 Å². The number of likely N-dealkylation sites (N-methyl/N-ethyl adjacent to an activating group) is 2. The predicted molar refractivity (Wildman–Crippen MR) is 329 cm³/mol. The van der Waals surface area contributed by atoms with Gasteiger partial charge in [-0.3, -0.25) is 24.0 Å². The van der Waals surface area contributed by atoms with Gasteiger partial charge >= 0.3 is 6.97 Å². The van der Waals surface area contributed by atoms with Crippen LogP contribution < -0.4 is 26.0 Å². The Balaban J connectivity index is 0.558. The number of halogens is 3. The first-order valence-electron chi connectivity index (χ1n) is 29.0. The van der Waals surface area contributed by atoms with Crippen molar-refractivity contribution in [1.29, 1.82) is 0 Å². The van der Waals surface area contributed by atoms with Gasteiger partial charge in [-0.05, 0) is 89.2 Å². The van der Waals surface area contributed by atoms with Crippen LogP contribution in [0.15, 0.2) is 114 Å². The van der Waals surface area contributed by atoms with Crippen LogP contribution in [0.3, 0.4) is 0 Å². The van der Waals surface area contributed by atoms with Gasteiger partial charge in [0, 0.05) is 126 Å². The van der Waals surface area contributed by atoms with Gasteiger partial charge in [-0.15, -0.1) is 11.3 Å². The lowest BCUT2D eigenvalue weighted by Crippen LogP contribution is -2.50. The van der Waals surface area contributed by atoms with Gasteiger partial charge in [0.05, 0.1) is 50.1 Å². The quantitative estimate of drug-likeness (QED) is 0.0329. The summed E-state index contributed by atoms with van der Waals surface area (Å²) in [6, 6.07) is 25.7. The number of nitrogens with one attached hydrogen (secondary N) is 2. The molecule has 5 amide bonds. The van der Waals surface area contributed by atoms with Crippen molar-refractivity contribution < 1.29 is 60.4 Å². The number of fused-ring (bicyclic) bond motifs is 3. The Hall–Kier alpha value is -8.39. The molecular formula is C62H73BF3N11O9S. The van der Waals surface area contributed by atoms with E-state index in [9.17, 15) is 28.4 Å². The van der Waals surface area contributed by atoms with Crippen LogP contribution in [0.2, 0.25) is 0 Å². The average molecular weight is 1220 g/mol. The molecule has 0 saturated carbocycles. The topological polar surface area (TPSA) is 219 Å². The highest BCUT2D eigenvalue weighted by Crippen LogP contribution is 2.38. The minimum absolute atomic E-state index is 0.0650. The highest BCUT2D eigenvalue weighted by molar-refractivity contribution is 7.12. The summed E-state index contributed by atoms with van der Waals surface area (Å²) in [5.74, 6) is -0.604. The third kappa shape index (κ3) is 16.2. The van der Waals surface area contributed by atoms with Crippen molar-refractivity contribution in [2.24, 2.45) is 5.41 Å². The summed E-state index contributed by atoms with van der Waals surface area (Å²) in [4.78, 5) is 80.8. The molecule has 0 atom stereocenters. The van der Waals surface area contributed by atoms with E-state index < -0.39 is 18.3 Å². The molecule has 1 saturated heterocycles. The smallest absolute Gasteiger partial charge is 0.484 e. The fourth-order valence-corrected chi connectivity index (χ4v) is 11.3. The Morgan fingerprint density at radius 1 is 0.747 bits per heavy atom. The molecule has 0 aliphatic carbocycles. The summed E-state index contributed by atoms with van der Waals surface area (Å²) in [5.41, 5.74) is 9.03. The van der Waals surface area contributed by atoms with Gasteiger partial charge in [0.1, 0.15) is 17.4 Å². The fraction of sp³-hybridized carbons (Fsp3) is 0.387. The highest BCUT2D eigenvalue weighted by atomic mass is 32.1. The zero-order valence-electron chi connectivity index (χ0n) is 49.4. The number of carbonyl (C=O) groups is 5. The Kier molecular flexibility index (Phi) is 20.9. The number of nitrogens with zero attached hydrogens (tertiary/aromatic N) is 8. The molecule has 0 bridgehead atoms. The van der Waals surface area contributed by atoms with E-state index in [0.29, 0.717) is 148 Å². The van der Waals surface area contributed by atoms with Crippen molar-refractivity contribution >= 4 is 82.2 Å². The lowest BCUT2D eigenvalue weighted by Gasteiger charge is -2.37. The third-order valence-corrected chi connectivity index (χ3v) is 16.0. The number of nitrogen functional groups attached to an aromatic ring is 1. The third-order valence-electron chi connectivity index (χ3n) is 15.1. The number of hydrogen-bond acceptors (Lipinski definition) is 14. The van der Waals surface area contributed by atoms with E-state index in [1.165, 1.54) is 34.3 Å². The van der Waals surface area contributed by atoms with Gasteiger partial charge in [0.15, 0.2) is 18.0 Å². The number of piperazine rings is 1. The number of nitrogens with two attached hydrogens (primary N) is 1. The van der Waals surface area contributed by atoms with Crippen LogP contribution in [0.5, 0.6) is 5.75 Å². The van der Waals surface area contributed by atoms with E-state index in [4.69, 9.17) is 24.7 Å². The summed E-state index contributed by atoms with van der Waals surface area (Å²) < 4.78 is 71.8. The van der Waals surface area contributed by atoms with Gasteiger partial charge in [-0.2, -0.15) is 4.98 Å². The van der Waals surface area contributed by atoms with Gasteiger partial charge in [0.2, 0.25) is 29.6 Å². The molecule has 3 aromatic heterocycles. The van der Waals surface area contributed by atoms with Gasteiger partial charge in [0.25, 0.3) is 5.91 Å². The van der Waals surface area contributed by atoms with Crippen LogP contribution in [-0.4, -0.2) is 189 Å². The molecule has 87 heavy (non-hydrogen) atoms. The van der Waals surface area contributed by atoms with Gasteiger partial charge in [-0.25, -0.2) is 9.37 Å². The Labute approximate surface area is 507 Å². The van der Waals surface area contributed by atoms with E-state index in [-0.39, 0.29) is 67.9 Å². The molecular weight excluding hydrogens is 1140 g/mol. The number of anilines is 2. The molecule has 3 aromatic carbocycles. The van der Waals surface area contributed by atoms with Crippen LogP contribution in [0.4, 0.5) is 24.8 Å². The van der Waals surface area contributed by atoms with Crippen LogP contribution >= 0.6 is 11.3 Å². The second-order valence-corrected chi connectivity index (χ2v) is 23.2. The molecule has 25 heteroatoms. The highest BCUT2D eigenvalue weighted by Gasteiger charge is 2.53. The zero-order valence-corrected chi connectivity index (χ0v) is 50.2. The van der Waals surface area contributed by atoms with Crippen molar-refractivity contribution in [2.75, 3.05) is 123 Å². The average Bonchev–Trinajstić information content (AvgIpc) is 1.66. The molecule has 0 radical (unpaired) electrons. The predicted octanol–water partition coefficient (Wildman–Crippen LogP) is 6.71. The molecule has 0 unspecified atom stereocenters. The number of thiophene rings is 1. The van der Waals surface area contributed by atoms with Crippen LogP contribution in [0.1, 0.15) is 50.1 Å². The normalized spacial score (nSPS) is 14.4. The summed E-state index contributed by atoms with van der Waals surface area (Å²) in [7, 11) is 3.07. The van der Waals surface area contributed by atoms with Crippen molar-refractivity contribution in [3.63, 3.8) is 0 Å². The summed E-state index contributed by atoms with van der Waals surface area (Å²) in [5, 5.41) is 8.66. The number of ether oxygens (including phenoxy) is 4. The largest absolute Gasteiger partial charge is 0.737 e. The molecule has 9 rings (SSSR count). The summed E-state index contributed by atoms with van der Waals surface area (Å²) >= 11 is 1.41. The number of carbonyl (C=O) groups excluding carboxylic acids is 5.